The molecule has 2 rings (SSSR count). The molecular formula is C27H43N7O5S3. The van der Waals surface area contributed by atoms with Crippen LogP contribution < -0.4 is 21.4 Å². The van der Waals surface area contributed by atoms with Crippen molar-refractivity contribution in [2.24, 2.45) is 5.22 Å². The fraction of sp³-hybridized carbons (Fsp3) is 0.630. The maximum Gasteiger partial charge on any atom is 0.328 e. The highest BCUT2D eigenvalue weighted by Crippen LogP contribution is 2.32. The first kappa shape index (κ1) is 35.7. The number of thiol groups is 1. The van der Waals surface area contributed by atoms with E-state index in [-0.39, 0.29) is 43.2 Å². The van der Waals surface area contributed by atoms with Crippen LogP contribution in [-0.2, 0) is 36.9 Å². The third-order valence-corrected chi connectivity index (χ3v) is 9.34. The van der Waals surface area contributed by atoms with E-state index >= 15 is 0 Å². The number of rotatable bonds is 17. The van der Waals surface area contributed by atoms with Gasteiger partial charge in [-0.15, -0.1) is 11.8 Å². The Kier molecular flexibility index (Phi) is 14.9. The minimum atomic E-state index is -0.865. The lowest BCUT2D eigenvalue weighted by Gasteiger charge is -2.42. The van der Waals surface area contributed by atoms with Crippen molar-refractivity contribution in [3.63, 3.8) is 0 Å². The monoisotopic (exact) mass is 641 g/mol. The zero-order chi connectivity index (χ0) is 31.3. The van der Waals surface area contributed by atoms with Crippen LogP contribution in [0.4, 0.5) is 0 Å². The summed E-state index contributed by atoms with van der Waals surface area (Å²) >= 11 is 7.27. The van der Waals surface area contributed by atoms with Crippen LogP contribution in [0.3, 0.4) is 0 Å². The third-order valence-electron chi connectivity index (χ3n) is 6.99. The Morgan fingerprint density at radius 2 is 1.93 bits per heavy atom. The van der Waals surface area contributed by atoms with E-state index < -0.39 is 34.7 Å². The molecule has 4 atom stereocenters. The number of fused-ring (bicyclic) bond motifs is 1. The van der Waals surface area contributed by atoms with Crippen molar-refractivity contribution in [1.82, 2.24) is 26.3 Å². The molecule has 0 aliphatic carbocycles. The maximum atomic E-state index is 14.5. The molecule has 1 aliphatic heterocycles. The van der Waals surface area contributed by atoms with Gasteiger partial charge in [0.1, 0.15) is 18.1 Å². The van der Waals surface area contributed by atoms with E-state index in [1.165, 1.54) is 25.8 Å². The molecule has 0 unspecified atom stereocenters. The number of hydrogen-bond donors (Lipinski definition) is 6. The summed E-state index contributed by atoms with van der Waals surface area (Å²) in [6, 6.07) is 4.86. The molecule has 1 aromatic rings. The molecule has 0 saturated carbocycles. The second-order valence-electron chi connectivity index (χ2n) is 10.4. The van der Waals surface area contributed by atoms with Crippen molar-refractivity contribution >= 4 is 59.8 Å². The molecule has 42 heavy (non-hydrogen) atoms. The van der Waals surface area contributed by atoms with Gasteiger partial charge in [0.2, 0.25) is 17.7 Å². The van der Waals surface area contributed by atoms with Crippen LogP contribution in [-0.4, -0.2) is 94.8 Å². The smallest absolute Gasteiger partial charge is 0.328 e. The third kappa shape index (κ3) is 10.3. The summed E-state index contributed by atoms with van der Waals surface area (Å²) in [5.74, 6) is -0.157. The summed E-state index contributed by atoms with van der Waals surface area (Å²) in [7, 11) is 1.28. The molecule has 0 radical (unpaired) electrons. The number of thioether (sulfide) groups is 2. The molecule has 0 saturated heterocycles. The van der Waals surface area contributed by atoms with Gasteiger partial charge in [-0.2, -0.15) is 29.9 Å². The first-order valence-electron chi connectivity index (χ1n) is 13.6. The summed E-state index contributed by atoms with van der Waals surface area (Å²) in [4.78, 5) is 53.8. The number of hydrogen-bond acceptors (Lipinski definition) is 11. The molecule has 0 bridgehead atoms. The predicted molar refractivity (Wildman–Crippen MR) is 169 cm³/mol. The maximum absolute atomic E-state index is 14.5. The van der Waals surface area contributed by atoms with E-state index in [2.05, 4.69) is 39.2 Å². The molecule has 12 nitrogen and oxygen atoms in total. The number of amides is 3. The number of benzene rings is 1. The van der Waals surface area contributed by atoms with Gasteiger partial charge >= 0.3 is 5.97 Å². The van der Waals surface area contributed by atoms with E-state index in [9.17, 15) is 19.2 Å². The van der Waals surface area contributed by atoms with Gasteiger partial charge in [0.25, 0.3) is 0 Å². The van der Waals surface area contributed by atoms with Gasteiger partial charge < -0.3 is 25.6 Å². The Hall–Kier alpha value is -2.49. The lowest BCUT2D eigenvalue weighted by Crippen LogP contribution is -2.63. The highest BCUT2D eigenvalue weighted by Gasteiger charge is 2.43. The second kappa shape index (κ2) is 17.6. The number of nitrogens with zero attached hydrogens (tertiary/aromatic N) is 2. The SMILES string of the molecule is COC(=O)[C@H](CCSC)NC(=O)[C@@H]1Cc2ccccc2CN1C(=O)[C@@H](NC[C@H](CS)NN=N)C(C)(C)SCNC(C)=O. The van der Waals surface area contributed by atoms with Gasteiger partial charge in [0.15, 0.2) is 0 Å². The molecule has 1 heterocycles. The Balaban J connectivity index is 2.44. The van der Waals surface area contributed by atoms with Crippen LogP contribution in [0.15, 0.2) is 29.5 Å². The molecule has 15 heteroatoms. The minimum Gasteiger partial charge on any atom is -0.467 e. The fourth-order valence-corrected chi connectivity index (χ4v) is 6.27. The summed E-state index contributed by atoms with van der Waals surface area (Å²) in [5.41, 5.74) is 11.7. The zero-order valence-corrected chi connectivity index (χ0v) is 27.3. The van der Waals surface area contributed by atoms with E-state index in [1.54, 1.807) is 16.7 Å². The molecule has 1 aromatic carbocycles. The normalized spacial score (nSPS) is 16.8. The number of carbonyl (C=O) groups excluding carboxylic acids is 4. The average Bonchev–Trinajstić information content (AvgIpc) is 2.96. The topological polar surface area (TPSA) is 165 Å². The first-order chi connectivity index (χ1) is 20.0. The first-order valence-corrected chi connectivity index (χ1v) is 16.6. The highest BCUT2D eigenvalue weighted by atomic mass is 32.2. The van der Waals surface area contributed by atoms with Crippen LogP contribution in [0.25, 0.3) is 0 Å². The highest BCUT2D eigenvalue weighted by molar-refractivity contribution is 8.00. The Morgan fingerprint density at radius 3 is 2.52 bits per heavy atom. The second-order valence-corrected chi connectivity index (χ2v) is 13.4. The summed E-state index contributed by atoms with van der Waals surface area (Å²) < 4.78 is 4.20. The van der Waals surface area contributed by atoms with Crippen molar-refractivity contribution in [3.05, 3.63) is 35.4 Å². The summed E-state index contributed by atoms with van der Waals surface area (Å²) in [6.45, 7) is 5.71. The van der Waals surface area contributed by atoms with Gasteiger partial charge in [-0.3, -0.25) is 19.8 Å². The van der Waals surface area contributed by atoms with Gasteiger partial charge in [0.05, 0.1) is 19.0 Å². The lowest BCUT2D eigenvalue weighted by atomic mass is 9.91. The lowest BCUT2D eigenvalue weighted by molar-refractivity contribution is -0.148. The Bertz CT molecular complexity index is 1090. The van der Waals surface area contributed by atoms with Gasteiger partial charge in [-0.1, -0.05) is 29.5 Å². The van der Waals surface area contributed by atoms with E-state index in [0.29, 0.717) is 17.9 Å². The van der Waals surface area contributed by atoms with Crippen LogP contribution in [0, 0.1) is 5.53 Å². The number of ether oxygens (including phenoxy) is 1. The number of methoxy groups -OCH3 is 1. The van der Waals surface area contributed by atoms with Crippen LogP contribution >= 0.6 is 36.2 Å². The summed E-state index contributed by atoms with van der Waals surface area (Å²) in [6.07, 6.45) is 2.60. The summed E-state index contributed by atoms with van der Waals surface area (Å²) in [5, 5.41) is 12.2. The number of nitrogens with one attached hydrogen (secondary N) is 5. The van der Waals surface area contributed by atoms with E-state index in [1.807, 2.05) is 44.4 Å². The van der Waals surface area contributed by atoms with E-state index in [4.69, 9.17) is 10.3 Å². The quantitative estimate of drug-likeness (QED) is 0.0489. The number of carbonyl (C=O) groups is 4. The molecule has 5 N–H and O–H groups in total. The van der Waals surface area contributed by atoms with Gasteiger partial charge in [-0.25, -0.2) is 4.79 Å². The molecule has 0 aromatic heterocycles. The van der Waals surface area contributed by atoms with Crippen LogP contribution in [0.5, 0.6) is 0 Å². The Labute approximate surface area is 261 Å². The average molecular weight is 642 g/mol. The van der Waals surface area contributed by atoms with Gasteiger partial charge in [0, 0.05) is 36.9 Å². The van der Waals surface area contributed by atoms with Crippen LogP contribution in [0.2, 0.25) is 0 Å². The number of esters is 1. The zero-order valence-electron chi connectivity index (χ0n) is 24.8. The van der Waals surface area contributed by atoms with Crippen LogP contribution in [0.1, 0.15) is 38.3 Å². The standard InChI is InChI=1S/C27H43N7O5S3/c1-17(35)30-16-42-27(2,3)23(29-13-20(15-40)32-33-28)25(37)34-14-19-9-7-6-8-18(19)12-22(34)24(36)31-21(10-11-41-5)26(38)39-4/h6-9,20-23,29,40H,10-16H2,1-5H3,(H2,28,32)(H,30,35)(H,31,36)/t20-,21+,22+,23-/m1/s1. The molecule has 0 spiro atoms. The Morgan fingerprint density at radius 1 is 1.24 bits per heavy atom. The van der Waals surface area contributed by atoms with Crippen molar-refractivity contribution in [3.8, 4) is 0 Å². The van der Waals surface area contributed by atoms with Crippen molar-refractivity contribution in [1.29, 1.82) is 5.53 Å². The van der Waals surface area contributed by atoms with E-state index in [0.717, 1.165) is 11.1 Å². The van der Waals surface area contributed by atoms with Gasteiger partial charge in [-0.05, 0) is 43.4 Å². The molecular weight excluding hydrogens is 599 g/mol. The van der Waals surface area contributed by atoms with Crippen molar-refractivity contribution < 1.29 is 23.9 Å². The minimum absolute atomic E-state index is 0.184. The largest absolute Gasteiger partial charge is 0.467 e. The predicted octanol–water partition coefficient (Wildman–Crippen LogP) is 1.75. The van der Waals surface area contributed by atoms with Crippen molar-refractivity contribution in [2.45, 2.75) is 69.1 Å². The molecule has 3 amide bonds. The van der Waals surface area contributed by atoms with Crippen molar-refractivity contribution in [2.75, 3.05) is 37.3 Å². The molecule has 234 valence electrons. The fourth-order valence-electron chi connectivity index (χ4n) is 4.59. The molecule has 0 fully saturated rings. The molecule has 1 aliphatic rings.